The van der Waals surface area contributed by atoms with Gasteiger partial charge < -0.3 is 5.32 Å². The quantitative estimate of drug-likeness (QED) is 0.755. The van der Waals surface area contributed by atoms with E-state index in [4.69, 9.17) is 0 Å². The van der Waals surface area contributed by atoms with Crippen LogP contribution in [-0.2, 0) is 4.79 Å². The SMILES string of the molecule is CC(CC(=O)Nc1ncn[nH]1)NC(=O)c1ccccc1. The van der Waals surface area contributed by atoms with Gasteiger partial charge in [0.2, 0.25) is 11.9 Å². The van der Waals surface area contributed by atoms with Gasteiger partial charge in [0.1, 0.15) is 6.33 Å². The van der Waals surface area contributed by atoms with E-state index in [-0.39, 0.29) is 30.2 Å². The Balaban J connectivity index is 1.81. The Morgan fingerprint density at radius 1 is 1.30 bits per heavy atom. The van der Waals surface area contributed by atoms with Crippen molar-refractivity contribution < 1.29 is 9.59 Å². The van der Waals surface area contributed by atoms with Crippen LogP contribution in [0.25, 0.3) is 0 Å². The van der Waals surface area contributed by atoms with Crippen molar-refractivity contribution in [3.63, 3.8) is 0 Å². The van der Waals surface area contributed by atoms with Crippen LogP contribution in [0.1, 0.15) is 23.7 Å². The number of aromatic amines is 1. The molecule has 7 heteroatoms. The lowest BCUT2D eigenvalue weighted by Gasteiger charge is -2.13. The topological polar surface area (TPSA) is 99.8 Å². The van der Waals surface area contributed by atoms with Crippen LogP contribution in [0, 0.1) is 0 Å². The number of carbonyl (C=O) groups excluding carboxylic acids is 2. The monoisotopic (exact) mass is 273 g/mol. The number of amides is 2. The first kappa shape index (κ1) is 13.7. The van der Waals surface area contributed by atoms with Crippen molar-refractivity contribution >= 4 is 17.8 Å². The van der Waals surface area contributed by atoms with E-state index in [9.17, 15) is 9.59 Å². The minimum atomic E-state index is -0.286. The molecule has 0 saturated carbocycles. The highest BCUT2D eigenvalue weighted by molar-refractivity contribution is 5.95. The molecule has 0 saturated heterocycles. The number of H-pyrrole nitrogens is 1. The fourth-order valence-corrected chi connectivity index (χ4v) is 1.67. The predicted molar refractivity (Wildman–Crippen MR) is 73.0 cm³/mol. The number of nitrogens with zero attached hydrogens (tertiary/aromatic N) is 2. The molecule has 0 spiro atoms. The molecule has 3 N–H and O–H groups in total. The zero-order chi connectivity index (χ0) is 14.4. The van der Waals surface area contributed by atoms with Crippen LogP contribution in [0.3, 0.4) is 0 Å². The van der Waals surface area contributed by atoms with Gasteiger partial charge in [0, 0.05) is 18.0 Å². The van der Waals surface area contributed by atoms with Crippen molar-refractivity contribution in [3.05, 3.63) is 42.2 Å². The van der Waals surface area contributed by atoms with E-state index < -0.39 is 0 Å². The highest BCUT2D eigenvalue weighted by atomic mass is 16.2. The number of hydrogen-bond acceptors (Lipinski definition) is 4. The smallest absolute Gasteiger partial charge is 0.251 e. The Morgan fingerprint density at radius 2 is 2.05 bits per heavy atom. The Morgan fingerprint density at radius 3 is 2.70 bits per heavy atom. The first-order valence-corrected chi connectivity index (χ1v) is 6.16. The lowest BCUT2D eigenvalue weighted by molar-refractivity contribution is -0.116. The second-order valence-corrected chi connectivity index (χ2v) is 4.33. The van der Waals surface area contributed by atoms with Crippen molar-refractivity contribution in [1.82, 2.24) is 20.5 Å². The lowest BCUT2D eigenvalue weighted by atomic mass is 10.1. The normalized spacial score (nSPS) is 11.7. The summed E-state index contributed by atoms with van der Waals surface area (Å²) in [4.78, 5) is 27.4. The van der Waals surface area contributed by atoms with Gasteiger partial charge in [-0.1, -0.05) is 18.2 Å². The Bertz CT molecular complexity index is 568. The number of benzene rings is 1. The molecule has 0 bridgehead atoms. The summed E-state index contributed by atoms with van der Waals surface area (Å²) in [6.07, 6.45) is 1.45. The molecule has 1 atom stereocenters. The van der Waals surface area contributed by atoms with Crippen LogP contribution in [0.4, 0.5) is 5.95 Å². The summed E-state index contributed by atoms with van der Waals surface area (Å²) in [5.74, 6) is -0.162. The van der Waals surface area contributed by atoms with Crippen LogP contribution in [0.2, 0.25) is 0 Å². The fraction of sp³-hybridized carbons (Fsp3) is 0.231. The molecule has 0 radical (unpaired) electrons. The second kappa shape index (κ2) is 6.46. The molecule has 2 rings (SSSR count). The van der Waals surface area contributed by atoms with Gasteiger partial charge in [0.25, 0.3) is 5.91 Å². The van der Waals surface area contributed by atoms with Gasteiger partial charge in [0.15, 0.2) is 0 Å². The summed E-state index contributed by atoms with van der Waals surface area (Å²) in [7, 11) is 0. The van der Waals surface area contributed by atoms with Crippen LogP contribution >= 0.6 is 0 Å². The van der Waals surface area contributed by atoms with Crippen molar-refractivity contribution in [2.45, 2.75) is 19.4 Å². The van der Waals surface area contributed by atoms with Gasteiger partial charge in [-0.25, -0.2) is 5.10 Å². The zero-order valence-electron chi connectivity index (χ0n) is 11.0. The standard InChI is InChI=1S/C13H15N5O2/c1-9(7-11(19)17-13-14-8-15-18-13)16-12(20)10-5-3-2-4-6-10/h2-6,8-9H,7H2,1H3,(H,16,20)(H2,14,15,17,18,19). The molecular formula is C13H15N5O2. The molecule has 2 aromatic rings. The number of rotatable bonds is 5. The number of hydrogen-bond donors (Lipinski definition) is 3. The molecule has 2 amide bonds. The third-order valence-electron chi connectivity index (χ3n) is 2.58. The summed E-state index contributed by atoms with van der Waals surface area (Å²) in [6, 6.07) is 8.57. The molecule has 7 nitrogen and oxygen atoms in total. The summed E-state index contributed by atoms with van der Waals surface area (Å²) in [6.45, 7) is 1.76. The van der Waals surface area contributed by atoms with Crippen molar-refractivity contribution in [3.8, 4) is 0 Å². The van der Waals surface area contributed by atoms with Gasteiger partial charge in [-0.15, -0.1) is 0 Å². The molecule has 104 valence electrons. The van der Waals surface area contributed by atoms with Gasteiger partial charge in [-0.2, -0.15) is 10.1 Å². The van der Waals surface area contributed by atoms with Gasteiger partial charge >= 0.3 is 0 Å². The molecule has 20 heavy (non-hydrogen) atoms. The molecule has 0 aliphatic carbocycles. The van der Waals surface area contributed by atoms with Crippen molar-refractivity contribution in [1.29, 1.82) is 0 Å². The first-order valence-electron chi connectivity index (χ1n) is 6.16. The zero-order valence-corrected chi connectivity index (χ0v) is 11.0. The Hall–Kier alpha value is -2.70. The maximum atomic E-state index is 11.9. The molecular weight excluding hydrogens is 258 g/mol. The molecule has 0 aliphatic rings. The fourth-order valence-electron chi connectivity index (χ4n) is 1.67. The van der Waals surface area contributed by atoms with Gasteiger partial charge in [-0.3, -0.25) is 14.9 Å². The van der Waals surface area contributed by atoms with E-state index >= 15 is 0 Å². The highest BCUT2D eigenvalue weighted by Gasteiger charge is 2.13. The van der Waals surface area contributed by atoms with E-state index in [1.807, 2.05) is 6.07 Å². The first-order chi connectivity index (χ1) is 9.65. The van der Waals surface area contributed by atoms with Crippen LogP contribution in [0.15, 0.2) is 36.7 Å². The highest BCUT2D eigenvalue weighted by Crippen LogP contribution is 2.01. The summed E-state index contributed by atoms with van der Waals surface area (Å²) < 4.78 is 0. The Labute approximate surface area is 115 Å². The Kier molecular flexibility index (Phi) is 4.43. The molecule has 1 heterocycles. The summed E-state index contributed by atoms with van der Waals surface area (Å²) in [5, 5.41) is 11.5. The van der Waals surface area contributed by atoms with E-state index in [2.05, 4.69) is 25.8 Å². The molecule has 0 fully saturated rings. The maximum absolute atomic E-state index is 11.9. The predicted octanol–water partition coefficient (Wildman–Crippen LogP) is 0.952. The van der Waals surface area contributed by atoms with Crippen LogP contribution in [0.5, 0.6) is 0 Å². The average molecular weight is 273 g/mol. The maximum Gasteiger partial charge on any atom is 0.251 e. The van der Waals surface area contributed by atoms with Gasteiger partial charge in [0.05, 0.1) is 0 Å². The number of carbonyl (C=O) groups is 2. The molecule has 1 aromatic carbocycles. The molecule has 0 aliphatic heterocycles. The van der Waals surface area contributed by atoms with Gasteiger partial charge in [-0.05, 0) is 19.1 Å². The number of anilines is 1. The largest absolute Gasteiger partial charge is 0.349 e. The van der Waals surface area contributed by atoms with E-state index in [0.29, 0.717) is 5.56 Å². The number of nitrogens with one attached hydrogen (secondary N) is 3. The summed E-state index contributed by atoms with van der Waals surface area (Å²) >= 11 is 0. The third-order valence-corrected chi connectivity index (χ3v) is 2.58. The van der Waals surface area contributed by atoms with Crippen molar-refractivity contribution in [2.24, 2.45) is 0 Å². The minimum absolute atomic E-state index is 0.152. The number of aromatic nitrogens is 3. The minimum Gasteiger partial charge on any atom is -0.349 e. The van der Waals surface area contributed by atoms with E-state index in [0.717, 1.165) is 0 Å². The summed E-state index contributed by atoms with van der Waals surface area (Å²) in [5.41, 5.74) is 0.565. The van der Waals surface area contributed by atoms with Crippen molar-refractivity contribution in [2.75, 3.05) is 5.32 Å². The molecule has 1 aromatic heterocycles. The van der Waals surface area contributed by atoms with E-state index in [1.54, 1.807) is 31.2 Å². The lowest BCUT2D eigenvalue weighted by Crippen LogP contribution is -2.35. The third kappa shape index (κ3) is 3.91. The average Bonchev–Trinajstić information content (AvgIpc) is 2.92. The molecule has 1 unspecified atom stereocenters. The second-order valence-electron chi connectivity index (χ2n) is 4.33. The van der Waals surface area contributed by atoms with E-state index in [1.165, 1.54) is 6.33 Å². The van der Waals surface area contributed by atoms with Crippen LogP contribution in [-0.4, -0.2) is 33.0 Å². The van der Waals surface area contributed by atoms with Crippen LogP contribution < -0.4 is 10.6 Å².